The van der Waals surface area contributed by atoms with E-state index in [1.807, 2.05) is 6.07 Å². The van der Waals surface area contributed by atoms with Gasteiger partial charge in [-0.1, -0.05) is 0 Å². The lowest BCUT2D eigenvalue weighted by molar-refractivity contribution is 0.144. The molecule has 1 saturated heterocycles. The molecule has 1 aliphatic heterocycles. The molecular weight excluding hydrogens is 340 g/mol. The zero-order valence-corrected chi connectivity index (χ0v) is 14.5. The van der Waals surface area contributed by atoms with Gasteiger partial charge in [0.05, 0.1) is 11.9 Å². The van der Waals surface area contributed by atoms with Gasteiger partial charge in [0, 0.05) is 31.2 Å². The number of hydrogen-bond donors (Lipinski definition) is 1. The molecule has 3 aromatic heterocycles. The highest BCUT2D eigenvalue weighted by Gasteiger charge is 2.26. The number of anilines is 1. The van der Waals surface area contributed by atoms with Gasteiger partial charge < -0.3 is 10.2 Å². The SMILES string of the molecule is CC1NCCN(c2cc(-c3cnc4ccc(C(F)F)nn34)ncn2)C1C. The van der Waals surface area contributed by atoms with Crippen molar-refractivity contribution >= 4 is 11.5 Å². The van der Waals surface area contributed by atoms with Crippen molar-refractivity contribution in [2.45, 2.75) is 32.4 Å². The molecule has 136 valence electrons. The summed E-state index contributed by atoms with van der Waals surface area (Å²) >= 11 is 0. The van der Waals surface area contributed by atoms with Crippen molar-refractivity contribution in [3.05, 3.63) is 36.4 Å². The van der Waals surface area contributed by atoms with Gasteiger partial charge in [0.25, 0.3) is 6.43 Å². The third-order valence-corrected chi connectivity index (χ3v) is 4.85. The lowest BCUT2D eigenvalue weighted by Crippen LogP contribution is -2.55. The second-order valence-corrected chi connectivity index (χ2v) is 6.41. The number of aromatic nitrogens is 5. The monoisotopic (exact) mass is 359 g/mol. The van der Waals surface area contributed by atoms with E-state index in [1.54, 1.807) is 6.20 Å². The molecule has 7 nitrogen and oxygen atoms in total. The molecule has 26 heavy (non-hydrogen) atoms. The Morgan fingerprint density at radius 2 is 2.04 bits per heavy atom. The third kappa shape index (κ3) is 2.88. The van der Waals surface area contributed by atoms with Gasteiger partial charge >= 0.3 is 0 Å². The second kappa shape index (κ2) is 6.56. The molecule has 0 spiro atoms. The molecule has 0 bridgehead atoms. The first kappa shape index (κ1) is 16.8. The predicted molar refractivity (Wildman–Crippen MR) is 93.2 cm³/mol. The van der Waals surface area contributed by atoms with Crippen LogP contribution in [-0.4, -0.2) is 49.7 Å². The number of hydrogen-bond acceptors (Lipinski definition) is 6. The molecule has 9 heteroatoms. The first-order valence-corrected chi connectivity index (χ1v) is 8.50. The molecule has 1 fully saturated rings. The van der Waals surface area contributed by atoms with Crippen molar-refractivity contribution in [1.29, 1.82) is 0 Å². The van der Waals surface area contributed by atoms with Crippen LogP contribution in [0.3, 0.4) is 0 Å². The average Bonchev–Trinajstić information content (AvgIpc) is 3.07. The maximum Gasteiger partial charge on any atom is 0.282 e. The molecule has 3 aromatic rings. The molecule has 0 saturated carbocycles. The summed E-state index contributed by atoms with van der Waals surface area (Å²) in [7, 11) is 0. The van der Waals surface area contributed by atoms with E-state index in [0.29, 0.717) is 23.1 Å². The highest BCUT2D eigenvalue weighted by molar-refractivity contribution is 5.62. The largest absolute Gasteiger partial charge is 0.351 e. The minimum Gasteiger partial charge on any atom is -0.351 e. The van der Waals surface area contributed by atoms with Crippen LogP contribution in [-0.2, 0) is 0 Å². The van der Waals surface area contributed by atoms with Gasteiger partial charge in [0.2, 0.25) is 0 Å². The van der Waals surface area contributed by atoms with Crippen molar-refractivity contribution in [2.24, 2.45) is 0 Å². The highest BCUT2D eigenvalue weighted by Crippen LogP contribution is 2.25. The van der Waals surface area contributed by atoms with Crippen molar-refractivity contribution in [1.82, 2.24) is 29.9 Å². The van der Waals surface area contributed by atoms with E-state index in [2.05, 4.69) is 44.1 Å². The van der Waals surface area contributed by atoms with E-state index in [4.69, 9.17) is 0 Å². The van der Waals surface area contributed by atoms with Crippen LogP contribution in [0.15, 0.2) is 30.7 Å². The normalized spacial score (nSPS) is 20.9. The van der Waals surface area contributed by atoms with E-state index in [-0.39, 0.29) is 11.7 Å². The Hall–Kier alpha value is -2.68. The Morgan fingerprint density at radius 1 is 1.19 bits per heavy atom. The van der Waals surface area contributed by atoms with Gasteiger partial charge in [-0.25, -0.2) is 28.2 Å². The zero-order valence-electron chi connectivity index (χ0n) is 14.5. The first-order chi connectivity index (χ1) is 12.5. The van der Waals surface area contributed by atoms with Crippen LogP contribution in [0.2, 0.25) is 0 Å². The molecule has 4 heterocycles. The Balaban J connectivity index is 1.75. The first-order valence-electron chi connectivity index (χ1n) is 8.50. The Morgan fingerprint density at radius 3 is 2.85 bits per heavy atom. The molecule has 2 atom stereocenters. The van der Waals surface area contributed by atoms with Crippen molar-refractivity contribution < 1.29 is 8.78 Å². The number of piperazine rings is 1. The topological polar surface area (TPSA) is 71.2 Å². The van der Waals surface area contributed by atoms with Crippen molar-refractivity contribution in [2.75, 3.05) is 18.0 Å². The summed E-state index contributed by atoms with van der Waals surface area (Å²) < 4.78 is 27.4. The highest BCUT2D eigenvalue weighted by atomic mass is 19.3. The van der Waals surface area contributed by atoms with Crippen LogP contribution < -0.4 is 10.2 Å². The van der Waals surface area contributed by atoms with E-state index in [9.17, 15) is 8.78 Å². The fourth-order valence-electron chi connectivity index (χ4n) is 3.20. The van der Waals surface area contributed by atoms with Gasteiger partial charge in [-0.05, 0) is 26.0 Å². The summed E-state index contributed by atoms with van der Waals surface area (Å²) in [5.41, 5.74) is 1.35. The Labute approximate surface area is 149 Å². The number of halogens is 2. The quantitative estimate of drug-likeness (QED) is 0.774. The minimum atomic E-state index is -2.64. The number of rotatable bonds is 3. The molecule has 1 N–H and O–H groups in total. The second-order valence-electron chi connectivity index (χ2n) is 6.41. The minimum absolute atomic E-state index is 0.275. The zero-order chi connectivity index (χ0) is 18.3. The van der Waals surface area contributed by atoms with Gasteiger partial charge in [-0.2, -0.15) is 5.10 Å². The summed E-state index contributed by atoms with van der Waals surface area (Å²) in [6.45, 7) is 5.99. The molecule has 4 rings (SSSR count). The van der Waals surface area contributed by atoms with Gasteiger partial charge in [0.1, 0.15) is 23.5 Å². The van der Waals surface area contributed by atoms with Gasteiger partial charge in [-0.3, -0.25) is 0 Å². The van der Waals surface area contributed by atoms with Crippen LogP contribution >= 0.6 is 0 Å². The van der Waals surface area contributed by atoms with Crippen LogP contribution in [0, 0.1) is 0 Å². The fraction of sp³-hybridized carbons (Fsp3) is 0.412. The number of fused-ring (bicyclic) bond motifs is 1. The van der Waals surface area contributed by atoms with Crippen LogP contribution in [0.5, 0.6) is 0 Å². The van der Waals surface area contributed by atoms with E-state index in [1.165, 1.54) is 23.0 Å². The standard InChI is InChI=1S/C17H19F2N7/c1-10-11(2)25(6-5-20-10)16-7-13(22-9-23-16)14-8-21-15-4-3-12(17(18)19)24-26(14)15/h3-4,7-11,17,20H,5-6H2,1-2H3. The summed E-state index contributed by atoms with van der Waals surface area (Å²) in [6.07, 6.45) is 0.437. The van der Waals surface area contributed by atoms with Crippen LogP contribution in [0.1, 0.15) is 26.0 Å². The lowest BCUT2D eigenvalue weighted by Gasteiger charge is -2.39. The molecule has 0 aromatic carbocycles. The smallest absolute Gasteiger partial charge is 0.282 e. The van der Waals surface area contributed by atoms with Crippen LogP contribution in [0.25, 0.3) is 17.0 Å². The molecule has 0 amide bonds. The number of imidazole rings is 1. The predicted octanol–water partition coefficient (Wildman–Crippen LogP) is 2.31. The maximum atomic E-state index is 13.0. The molecule has 1 aliphatic rings. The average molecular weight is 359 g/mol. The number of nitrogens with one attached hydrogen (secondary N) is 1. The van der Waals surface area contributed by atoms with Gasteiger partial charge in [-0.15, -0.1) is 0 Å². The van der Waals surface area contributed by atoms with Crippen LogP contribution in [0.4, 0.5) is 14.6 Å². The van der Waals surface area contributed by atoms with Gasteiger partial charge in [0.15, 0.2) is 5.65 Å². The number of nitrogens with zero attached hydrogens (tertiary/aromatic N) is 6. The molecule has 0 radical (unpaired) electrons. The summed E-state index contributed by atoms with van der Waals surface area (Å²) in [5, 5.41) is 7.43. The Kier molecular flexibility index (Phi) is 4.23. The fourth-order valence-corrected chi connectivity index (χ4v) is 3.20. The Bertz CT molecular complexity index is 926. The summed E-state index contributed by atoms with van der Waals surface area (Å²) in [4.78, 5) is 15.2. The van der Waals surface area contributed by atoms with Crippen molar-refractivity contribution in [3.63, 3.8) is 0 Å². The molecule has 2 unspecified atom stereocenters. The van der Waals surface area contributed by atoms with E-state index < -0.39 is 6.43 Å². The molecule has 0 aliphatic carbocycles. The number of alkyl halides is 2. The van der Waals surface area contributed by atoms with Crippen molar-refractivity contribution in [3.8, 4) is 11.4 Å². The molecular formula is C17H19F2N7. The summed E-state index contributed by atoms with van der Waals surface area (Å²) in [5.74, 6) is 0.802. The van der Waals surface area contributed by atoms with E-state index in [0.717, 1.165) is 18.9 Å². The third-order valence-electron chi connectivity index (χ3n) is 4.85. The maximum absolute atomic E-state index is 13.0. The van der Waals surface area contributed by atoms with E-state index >= 15 is 0 Å². The lowest BCUT2D eigenvalue weighted by atomic mass is 10.1. The summed E-state index contributed by atoms with van der Waals surface area (Å²) in [6, 6.07) is 5.28.